The molecule has 2 heterocycles. The standard InChI is InChI=1S/C23H29BrN2O4.C13H10BrNO4.C13H12BrNO2.C10H17NO3.C7H8O2.C6H3BrFNO2.C5H8O2.Zn/c1-23(2,3)30-22(27)26-13-5-6-17(26)15-25-20-12-7-16(24)14-21(20)29-19-10-8-18(28-4)9-11-19;1-18-10-3-5-11(6-4-10)19-13-8-9(14)2-7-12(13)15(16)17;1-16-10-3-5-11(6-4-10)17-13-8-9(14)2-7-12(13)15;1-10(2,3)14-9(13)11-6-4-5-8(11)7-12;1-9-7-4-2-6(8)3-5-7;7-4-1-2-6(9(10)11)5(8)3-4;1-3-5(6)7-4-2;/h7-12,14,17,25H,5-6,13,15H2,1-4H3;2-8H,1H3;2-8H,15H2,1H3;7-8H,4-6H2,1-3H3;2-5,8H,1H3;1-3H;3H,1,4H2,2H3;/t17-;;;8-;;;;/m0..0..../s1. The molecule has 4 N–H and O–H groups in total. The van der Waals surface area contributed by atoms with Crippen molar-refractivity contribution >= 4 is 111 Å². The van der Waals surface area contributed by atoms with Gasteiger partial charge in [-0.05, 0) is 226 Å². The molecule has 0 aromatic heterocycles. The van der Waals surface area contributed by atoms with E-state index in [0.717, 1.165) is 94.4 Å². The van der Waals surface area contributed by atoms with E-state index in [4.69, 9.17) is 53.5 Å². The summed E-state index contributed by atoms with van der Waals surface area (Å²) in [7, 11) is 6.42. The van der Waals surface area contributed by atoms with Crippen molar-refractivity contribution < 1.29 is 105 Å². The first-order valence-electron chi connectivity index (χ1n) is 32.9. The number of hydrogen-bond acceptors (Lipinski definition) is 21. The molecule has 0 saturated carbocycles. The second-order valence-electron chi connectivity index (χ2n) is 24.4. The minimum atomic E-state index is -0.829. The molecule has 2 aliphatic rings. The van der Waals surface area contributed by atoms with Gasteiger partial charge in [0.2, 0.25) is 11.6 Å². The van der Waals surface area contributed by atoms with Crippen molar-refractivity contribution in [1.82, 2.24) is 9.80 Å². The number of nitrogen functional groups attached to an aromatic ring is 1. The van der Waals surface area contributed by atoms with Gasteiger partial charge < -0.3 is 73.2 Å². The number of nitrogens with zero attached hydrogens (tertiary/aromatic N) is 4. The number of phenolic OH excluding ortho intramolecular Hbond substituents is 1. The molecule has 0 bridgehead atoms. The Morgan fingerprint density at radius 2 is 0.954 bits per heavy atom. The smallest absolute Gasteiger partial charge is 0.410 e. The van der Waals surface area contributed by atoms with Crippen LogP contribution in [0.3, 0.4) is 0 Å². The summed E-state index contributed by atoms with van der Waals surface area (Å²) in [5.41, 5.74) is 5.71. The van der Waals surface area contributed by atoms with Crippen LogP contribution >= 0.6 is 63.7 Å². The summed E-state index contributed by atoms with van der Waals surface area (Å²) in [6, 6.07) is 47.4. The molecule has 0 aliphatic carbocycles. The number of methoxy groups -OCH3 is 4. The molecule has 8 aromatic carbocycles. The van der Waals surface area contributed by atoms with Crippen LogP contribution in [0.15, 0.2) is 200 Å². The van der Waals surface area contributed by atoms with Gasteiger partial charge in [-0.1, -0.05) is 70.3 Å². The van der Waals surface area contributed by atoms with Crippen LogP contribution in [0, 0.1) is 26.0 Å². The number of nitrogens with two attached hydrogens (primary N) is 1. The number of nitro groups is 2. The van der Waals surface area contributed by atoms with Crippen LogP contribution in [0.4, 0.5) is 36.7 Å². The topological polar surface area (TPSA) is 312 Å². The van der Waals surface area contributed by atoms with Crippen LogP contribution in [0.5, 0.6) is 63.2 Å². The summed E-state index contributed by atoms with van der Waals surface area (Å²) in [5.74, 6) is 5.54. The molecule has 2 fully saturated rings. The number of nitro benzene ring substituents is 2. The van der Waals surface area contributed by atoms with Gasteiger partial charge >= 0.3 is 29.5 Å². The maximum atomic E-state index is 12.6. The molecule has 576 valence electrons. The molecule has 31 heteroatoms. The number of likely N-dealkylation sites (tertiary alicyclic amines) is 2. The summed E-state index contributed by atoms with van der Waals surface area (Å²) in [6.45, 7) is 18.5. The van der Waals surface area contributed by atoms with E-state index in [1.165, 1.54) is 17.0 Å². The van der Waals surface area contributed by atoms with Crippen molar-refractivity contribution in [2.75, 3.05) is 65.7 Å². The van der Waals surface area contributed by atoms with E-state index >= 15 is 0 Å². The number of phenols is 1. The molecule has 8 aromatic rings. The van der Waals surface area contributed by atoms with E-state index in [1.54, 1.807) is 102 Å². The van der Waals surface area contributed by atoms with Crippen LogP contribution in [0.2, 0.25) is 0 Å². The monoisotopic (exact) mass is 1800 g/mol. The minimum Gasteiger partial charge on any atom is -0.508 e. The zero-order valence-electron chi connectivity index (χ0n) is 61.6. The molecule has 0 spiro atoms. The second kappa shape index (κ2) is 47.3. The number of amides is 2. The molecule has 2 atom stereocenters. The van der Waals surface area contributed by atoms with Gasteiger partial charge in [-0.25, -0.2) is 14.4 Å². The van der Waals surface area contributed by atoms with Crippen LogP contribution in [0.1, 0.15) is 74.1 Å². The third kappa shape index (κ3) is 34.1. The average Bonchev–Trinajstić information content (AvgIpc) is 1.27. The van der Waals surface area contributed by atoms with Crippen molar-refractivity contribution in [3.63, 3.8) is 0 Å². The fraction of sp³-hybridized carbons (Fsp3) is 0.299. The average molecular weight is 1800 g/mol. The van der Waals surface area contributed by atoms with Crippen molar-refractivity contribution in [2.45, 2.75) is 97.4 Å². The first-order chi connectivity index (χ1) is 50.7. The van der Waals surface area contributed by atoms with Crippen molar-refractivity contribution in [1.29, 1.82) is 0 Å². The van der Waals surface area contributed by atoms with Gasteiger partial charge in [-0.3, -0.25) is 25.1 Å². The summed E-state index contributed by atoms with van der Waals surface area (Å²) >= 11 is 13.1. The van der Waals surface area contributed by atoms with Gasteiger partial charge in [0.15, 0.2) is 11.5 Å². The number of halogens is 5. The predicted octanol–water partition coefficient (Wildman–Crippen LogP) is 20.3. The number of ether oxygens (including phenoxy) is 10. The second-order valence-corrected chi connectivity index (χ2v) is 28.1. The molecule has 2 aliphatic heterocycles. The zero-order chi connectivity index (χ0) is 79.4. The van der Waals surface area contributed by atoms with Crippen LogP contribution in [-0.4, -0.2) is 127 Å². The first kappa shape index (κ1) is 92.7. The Hall–Kier alpha value is -9.55. The summed E-state index contributed by atoms with van der Waals surface area (Å²) in [4.78, 5) is 67.9. The summed E-state index contributed by atoms with van der Waals surface area (Å²) in [6.07, 6.45) is 4.87. The number of anilines is 2. The maximum absolute atomic E-state index is 12.6. The van der Waals surface area contributed by atoms with Crippen LogP contribution in [-0.2, 0) is 43.3 Å². The van der Waals surface area contributed by atoms with E-state index in [9.17, 15) is 43.8 Å². The van der Waals surface area contributed by atoms with E-state index < -0.39 is 32.6 Å². The number of rotatable bonds is 18. The Bertz CT molecular complexity index is 4160. The fourth-order valence-electron chi connectivity index (χ4n) is 9.09. The van der Waals surface area contributed by atoms with E-state index in [0.29, 0.717) is 63.1 Å². The van der Waals surface area contributed by atoms with E-state index in [1.807, 2.05) is 125 Å². The van der Waals surface area contributed by atoms with Gasteiger partial charge in [0, 0.05) is 81.3 Å². The summed E-state index contributed by atoms with van der Waals surface area (Å²) < 4.78 is 68.3. The Morgan fingerprint density at radius 1 is 0.574 bits per heavy atom. The minimum absolute atomic E-state index is 0. The molecule has 2 amide bonds. The molecule has 108 heavy (non-hydrogen) atoms. The molecule has 2 saturated heterocycles. The number of hydrogen-bond donors (Lipinski definition) is 3. The zero-order valence-corrected chi connectivity index (χ0v) is 70.9. The Balaban J connectivity index is 0.000000342. The number of nitrogens with one attached hydrogen (secondary N) is 1. The largest absolute Gasteiger partial charge is 0.508 e. The quantitative estimate of drug-likeness (QED) is 0.0105. The van der Waals surface area contributed by atoms with Crippen molar-refractivity contribution in [3.8, 4) is 63.2 Å². The number of esters is 1. The molecule has 0 radical (unpaired) electrons. The summed E-state index contributed by atoms with van der Waals surface area (Å²) in [5, 5.41) is 33.2. The molecule has 10 rings (SSSR count). The normalized spacial score (nSPS) is 13.0. The molecular weight excluding hydrogens is 1720 g/mol. The molecule has 25 nitrogen and oxygen atoms in total. The number of aldehydes is 1. The maximum Gasteiger partial charge on any atom is 0.410 e. The molecular formula is C77H87Br4FN6O19Zn. The van der Waals surface area contributed by atoms with Gasteiger partial charge in [0.25, 0.3) is 0 Å². The number of benzene rings is 8. The third-order valence-electron chi connectivity index (χ3n) is 14.1. The number of aromatic hydroxyl groups is 1. The Kier molecular flexibility index (Phi) is 40.6. The Labute approximate surface area is 674 Å². The SMILES string of the molecule is C=CC(=O)OCC.CC(C)(C)OC(=O)N1CCC[C@H]1C=O.COc1ccc(O)cc1.COc1ccc(Oc2cc(Br)ccc2N)cc1.COc1ccc(Oc2cc(Br)ccc2NC[C@@H]2CCCN2C(=O)OC(C)(C)C)cc1.COc1ccc(Oc2cc(Br)ccc2[N+](=O)[O-])cc1.O=[N+]([O-])c1ccc(Br)cc1F.[Zn]. The first-order valence-corrected chi connectivity index (χ1v) is 36.0. The van der Waals surface area contributed by atoms with Crippen LogP contribution in [0.25, 0.3) is 0 Å². The van der Waals surface area contributed by atoms with E-state index in [2.05, 4.69) is 80.4 Å². The van der Waals surface area contributed by atoms with Crippen molar-refractivity contribution in [3.05, 3.63) is 226 Å². The van der Waals surface area contributed by atoms with Crippen molar-refractivity contribution in [2.24, 2.45) is 0 Å². The number of carbonyl (C=O) groups excluding carboxylic acids is 4. The fourth-order valence-corrected chi connectivity index (χ4v) is 10.4. The third-order valence-corrected chi connectivity index (χ3v) is 16.1. The van der Waals surface area contributed by atoms with Gasteiger partial charge in [-0.2, -0.15) is 4.39 Å². The molecule has 0 unspecified atom stereocenters. The number of carbonyl (C=O) groups is 4. The van der Waals surface area contributed by atoms with Gasteiger partial charge in [0.1, 0.15) is 63.5 Å². The Morgan fingerprint density at radius 3 is 1.38 bits per heavy atom. The predicted molar refractivity (Wildman–Crippen MR) is 421 cm³/mol. The van der Waals surface area contributed by atoms with E-state index in [-0.39, 0.29) is 66.9 Å². The van der Waals surface area contributed by atoms with Gasteiger partial charge in [0.05, 0.1) is 68.4 Å². The van der Waals surface area contributed by atoms with Crippen LogP contribution < -0.4 is 44.2 Å². The van der Waals surface area contributed by atoms with Gasteiger partial charge in [-0.15, -0.1) is 0 Å².